The van der Waals surface area contributed by atoms with Crippen LogP contribution < -0.4 is 20.1 Å². The van der Waals surface area contributed by atoms with Gasteiger partial charge in [0, 0.05) is 11.6 Å². The van der Waals surface area contributed by atoms with E-state index in [1.807, 2.05) is 66.7 Å². The number of carboxylic acid groups (broad SMARTS) is 1. The molecule has 5 aromatic carbocycles. The van der Waals surface area contributed by atoms with Gasteiger partial charge < -0.3 is 25.2 Å². The maximum atomic E-state index is 13.0. The number of ether oxygens (including phenoxy) is 2. The minimum absolute atomic E-state index is 0.0315. The minimum atomic E-state index is -1.10. The largest absolute Gasteiger partial charge is 0.490 e. The van der Waals surface area contributed by atoms with Crippen molar-refractivity contribution in [2.45, 2.75) is 44.2 Å². The fourth-order valence-electron chi connectivity index (χ4n) is 5.76. The molecule has 1 fully saturated rings. The van der Waals surface area contributed by atoms with E-state index in [1.54, 1.807) is 42.5 Å². The van der Waals surface area contributed by atoms with Gasteiger partial charge in [0.1, 0.15) is 17.2 Å². The van der Waals surface area contributed by atoms with Gasteiger partial charge in [-0.1, -0.05) is 60.7 Å². The molecule has 1 saturated carbocycles. The van der Waals surface area contributed by atoms with E-state index in [0.29, 0.717) is 17.1 Å². The number of fused-ring (bicyclic) bond motifs is 1. The van der Waals surface area contributed by atoms with Gasteiger partial charge in [0.15, 0.2) is 0 Å². The lowest BCUT2D eigenvalue weighted by Crippen LogP contribution is -2.39. The molecule has 1 aliphatic carbocycles. The van der Waals surface area contributed by atoms with Crippen molar-refractivity contribution in [3.05, 3.63) is 132 Å². The highest BCUT2D eigenvalue weighted by Crippen LogP contribution is 2.28. The van der Waals surface area contributed by atoms with E-state index in [0.717, 1.165) is 47.8 Å². The second-order valence-electron chi connectivity index (χ2n) is 11.4. The predicted octanol–water partition coefficient (Wildman–Crippen LogP) is 7.63. The molecule has 0 aliphatic heterocycles. The summed E-state index contributed by atoms with van der Waals surface area (Å²) in [6, 6.07) is 34.8. The average Bonchev–Trinajstić information content (AvgIpc) is 3.07. The fourth-order valence-corrected chi connectivity index (χ4v) is 5.76. The van der Waals surface area contributed by atoms with E-state index in [-0.39, 0.29) is 41.6 Å². The SMILES string of the molecule is O=C(Cc1ccc(Oc2ccc(OC3CCC(NC(=O)c4cccc5ccccc45)CC3)cc2)cc1)Nc1ccccc1C(=O)O. The minimum Gasteiger partial charge on any atom is -0.490 e. The van der Waals surface area contributed by atoms with Crippen LogP contribution >= 0.6 is 0 Å². The number of aromatic carboxylic acids is 1. The molecule has 0 atom stereocenters. The number of amides is 2. The van der Waals surface area contributed by atoms with E-state index in [9.17, 15) is 19.5 Å². The molecule has 0 unspecified atom stereocenters. The number of benzene rings is 5. The highest BCUT2D eigenvalue weighted by atomic mass is 16.5. The zero-order valence-corrected chi connectivity index (χ0v) is 25.1. The lowest BCUT2D eigenvalue weighted by atomic mass is 9.92. The Kier molecular flexibility index (Phi) is 9.24. The first kappa shape index (κ1) is 30.4. The quantitative estimate of drug-likeness (QED) is 0.149. The molecule has 0 bridgehead atoms. The highest BCUT2D eigenvalue weighted by molar-refractivity contribution is 6.07. The molecule has 2 amide bonds. The van der Waals surface area contributed by atoms with E-state index < -0.39 is 5.97 Å². The normalized spacial score (nSPS) is 15.9. The van der Waals surface area contributed by atoms with Crippen molar-refractivity contribution in [2.24, 2.45) is 0 Å². The number of anilines is 1. The van der Waals surface area contributed by atoms with E-state index in [1.165, 1.54) is 6.07 Å². The Morgan fingerprint density at radius 1 is 0.674 bits per heavy atom. The van der Waals surface area contributed by atoms with Gasteiger partial charge >= 0.3 is 5.97 Å². The first-order valence-electron chi connectivity index (χ1n) is 15.4. The van der Waals surface area contributed by atoms with Gasteiger partial charge in [-0.15, -0.1) is 0 Å². The molecule has 6 rings (SSSR count). The lowest BCUT2D eigenvalue weighted by molar-refractivity contribution is -0.115. The topological polar surface area (TPSA) is 114 Å². The van der Waals surface area contributed by atoms with Gasteiger partial charge in [-0.25, -0.2) is 4.79 Å². The summed E-state index contributed by atoms with van der Waals surface area (Å²) < 4.78 is 12.2. The van der Waals surface area contributed by atoms with Gasteiger partial charge in [-0.2, -0.15) is 0 Å². The average molecular weight is 615 g/mol. The molecule has 0 aromatic heterocycles. The van der Waals surface area contributed by atoms with Gasteiger partial charge in [-0.05, 0) is 96.6 Å². The van der Waals surface area contributed by atoms with E-state index in [2.05, 4.69) is 10.6 Å². The number of carbonyl (C=O) groups is 3. The second-order valence-corrected chi connectivity index (χ2v) is 11.4. The number of nitrogens with one attached hydrogen (secondary N) is 2. The zero-order chi connectivity index (χ0) is 31.9. The molecule has 8 nitrogen and oxygen atoms in total. The van der Waals surface area contributed by atoms with Crippen LogP contribution in [-0.2, 0) is 11.2 Å². The van der Waals surface area contributed by atoms with Crippen molar-refractivity contribution >= 4 is 34.2 Å². The van der Waals surface area contributed by atoms with Gasteiger partial charge in [0.25, 0.3) is 5.91 Å². The summed E-state index contributed by atoms with van der Waals surface area (Å²) in [5, 5.41) is 17.2. The van der Waals surface area contributed by atoms with Crippen LogP contribution in [0.25, 0.3) is 10.8 Å². The standard InChI is InChI=1S/C38H34N2O6/c41-36(40-35-11-4-3-9-34(35)38(43)44)24-25-12-16-28(17-13-25)45-30-20-22-31(23-21-30)46-29-18-14-27(15-19-29)39-37(42)33-10-5-7-26-6-1-2-8-32(26)33/h1-13,16-17,20-23,27,29H,14-15,18-19,24H2,(H,39,42)(H,40,41)(H,43,44). The van der Waals surface area contributed by atoms with Crippen LogP contribution in [0.15, 0.2) is 115 Å². The Labute approximate surface area is 267 Å². The molecular weight excluding hydrogens is 580 g/mol. The highest BCUT2D eigenvalue weighted by Gasteiger charge is 2.24. The number of carbonyl (C=O) groups excluding carboxylic acids is 2. The third kappa shape index (κ3) is 7.53. The van der Waals surface area contributed by atoms with Crippen molar-refractivity contribution in [2.75, 3.05) is 5.32 Å². The van der Waals surface area contributed by atoms with Crippen molar-refractivity contribution in [1.29, 1.82) is 0 Å². The van der Waals surface area contributed by atoms with E-state index >= 15 is 0 Å². The van der Waals surface area contributed by atoms with Crippen LogP contribution in [0.3, 0.4) is 0 Å². The van der Waals surface area contributed by atoms with Crippen LogP contribution in [0.1, 0.15) is 52.0 Å². The summed E-state index contributed by atoms with van der Waals surface area (Å²) in [6.07, 6.45) is 3.61. The molecule has 8 heteroatoms. The van der Waals surface area contributed by atoms with Crippen LogP contribution in [0.4, 0.5) is 5.69 Å². The summed E-state index contributed by atoms with van der Waals surface area (Å²) in [5.41, 5.74) is 1.78. The summed E-state index contributed by atoms with van der Waals surface area (Å²) >= 11 is 0. The Morgan fingerprint density at radius 3 is 2.02 bits per heavy atom. The smallest absolute Gasteiger partial charge is 0.337 e. The van der Waals surface area contributed by atoms with Crippen LogP contribution in [0.2, 0.25) is 0 Å². The maximum absolute atomic E-state index is 13.0. The first-order chi connectivity index (χ1) is 22.4. The Balaban J connectivity index is 0.951. The lowest BCUT2D eigenvalue weighted by Gasteiger charge is -2.29. The van der Waals surface area contributed by atoms with E-state index in [4.69, 9.17) is 9.47 Å². The molecule has 0 radical (unpaired) electrons. The maximum Gasteiger partial charge on any atom is 0.337 e. The Hall–Kier alpha value is -5.63. The van der Waals surface area contributed by atoms with Crippen molar-refractivity contribution in [3.8, 4) is 17.2 Å². The second kappa shape index (κ2) is 14.0. The van der Waals surface area contributed by atoms with Crippen molar-refractivity contribution in [3.63, 3.8) is 0 Å². The summed E-state index contributed by atoms with van der Waals surface area (Å²) in [4.78, 5) is 36.9. The third-order valence-electron chi connectivity index (χ3n) is 8.13. The van der Waals surface area contributed by atoms with Crippen molar-refractivity contribution in [1.82, 2.24) is 5.32 Å². The number of hydrogen-bond donors (Lipinski definition) is 3. The first-order valence-corrected chi connectivity index (χ1v) is 15.4. The van der Waals surface area contributed by atoms with Gasteiger partial charge in [0.05, 0.1) is 23.8 Å². The molecule has 46 heavy (non-hydrogen) atoms. The monoisotopic (exact) mass is 614 g/mol. The van der Waals surface area contributed by atoms with Gasteiger partial charge in [-0.3, -0.25) is 9.59 Å². The Morgan fingerprint density at radius 2 is 1.28 bits per heavy atom. The van der Waals surface area contributed by atoms with Crippen LogP contribution in [-0.4, -0.2) is 35.0 Å². The number of hydrogen-bond acceptors (Lipinski definition) is 5. The van der Waals surface area contributed by atoms with Crippen molar-refractivity contribution < 1.29 is 29.0 Å². The molecule has 0 spiro atoms. The molecule has 0 saturated heterocycles. The van der Waals surface area contributed by atoms with Gasteiger partial charge in [0.2, 0.25) is 5.91 Å². The summed E-state index contributed by atoms with van der Waals surface area (Å²) in [5.74, 6) is 0.607. The number of carboxylic acids is 1. The number of rotatable bonds is 10. The zero-order valence-electron chi connectivity index (χ0n) is 25.1. The predicted molar refractivity (Wildman–Crippen MR) is 177 cm³/mol. The molecule has 1 aliphatic rings. The summed E-state index contributed by atoms with van der Waals surface area (Å²) in [6.45, 7) is 0. The molecule has 232 valence electrons. The number of para-hydroxylation sites is 1. The third-order valence-corrected chi connectivity index (χ3v) is 8.13. The van der Waals surface area contributed by atoms with Crippen LogP contribution in [0.5, 0.6) is 17.2 Å². The summed E-state index contributed by atoms with van der Waals surface area (Å²) in [7, 11) is 0. The Bertz CT molecular complexity index is 1840. The molecule has 0 heterocycles. The molecule has 5 aromatic rings. The van der Waals surface area contributed by atoms with Crippen LogP contribution in [0, 0.1) is 0 Å². The molecule has 3 N–H and O–H groups in total. The fraction of sp³-hybridized carbons (Fsp3) is 0.184. The molecular formula is C38H34N2O6.